The molecule has 0 bridgehead atoms. The molecule has 1 aromatic heterocycles. The highest BCUT2D eigenvalue weighted by molar-refractivity contribution is 5.85. The molecule has 1 aromatic rings. The molecule has 0 radical (unpaired) electrons. The Morgan fingerprint density at radius 3 is 2.72 bits per heavy atom. The number of piperidine rings is 1. The number of pyridine rings is 1. The molecular weight excluding hydrogens is 359 g/mol. The summed E-state index contributed by atoms with van der Waals surface area (Å²) in [6.07, 6.45) is 7.75. The Morgan fingerprint density at radius 2 is 2.00 bits per heavy atom. The van der Waals surface area contributed by atoms with Crippen molar-refractivity contribution in [3.63, 3.8) is 0 Å². The summed E-state index contributed by atoms with van der Waals surface area (Å²) >= 11 is 0. The second kappa shape index (κ2) is 8.56. The molecule has 1 unspecified atom stereocenters. The van der Waals surface area contributed by atoms with E-state index in [1.807, 2.05) is 12.3 Å². The smallest absolute Gasteiger partial charge is 0.223 e. The van der Waals surface area contributed by atoms with Crippen LogP contribution in [0.3, 0.4) is 0 Å². The molecule has 1 spiro atoms. The van der Waals surface area contributed by atoms with Crippen molar-refractivity contribution < 1.29 is 4.79 Å². The lowest BCUT2D eigenvalue weighted by molar-refractivity contribution is -0.123. The van der Waals surface area contributed by atoms with E-state index in [9.17, 15) is 4.79 Å². The monoisotopic (exact) mass is 386 g/mol. The Morgan fingerprint density at radius 1 is 1.28 bits per heavy atom. The first-order chi connectivity index (χ1) is 11.3. The first-order valence-electron chi connectivity index (χ1n) is 8.95. The average Bonchev–Trinajstić information content (AvgIpc) is 3.02. The molecule has 1 atom stereocenters. The summed E-state index contributed by atoms with van der Waals surface area (Å²) in [6.45, 7) is 4.94. The fourth-order valence-electron chi connectivity index (χ4n) is 4.20. The maximum atomic E-state index is 12.4. The van der Waals surface area contributed by atoms with Crippen LogP contribution in [0.4, 0.5) is 5.82 Å². The lowest BCUT2D eigenvalue weighted by atomic mass is 9.92. The fourth-order valence-corrected chi connectivity index (χ4v) is 4.20. The summed E-state index contributed by atoms with van der Waals surface area (Å²) in [7, 11) is 0. The van der Waals surface area contributed by atoms with Crippen LogP contribution in [0.25, 0.3) is 0 Å². The fraction of sp³-hybridized carbons (Fsp3) is 0.667. The summed E-state index contributed by atoms with van der Waals surface area (Å²) in [6, 6.07) is 4.13. The van der Waals surface area contributed by atoms with Gasteiger partial charge in [0.1, 0.15) is 5.82 Å². The zero-order chi connectivity index (χ0) is 15.7. The molecule has 2 aliphatic heterocycles. The highest BCUT2D eigenvalue weighted by atomic mass is 35.5. The molecular formula is C18H28Cl2N4O. The number of nitrogens with one attached hydrogen (secondary N) is 2. The van der Waals surface area contributed by atoms with Crippen LogP contribution in [0.2, 0.25) is 0 Å². The third kappa shape index (κ3) is 4.39. The van der Waals surface area contributed by atoms with Crippen LogP contribution in [0, 0.1) is 11.3 Å². The van der Waals surface area contributed by atoms with Gasteiger partial charge in [-0.3, -0.25) is 4.79 Å². The van der Waals surface area contributed by atoms with Gasteiger partial charge in [0.15, 0.2) is 0 Å². The third-order valence-corrected chi connectivity index (χ3v) is 5.81. The zero-order valence-electron chi connectivity index (χ0n) is 14.5. The number of carbonyl (C=O) groups excluding carboxylic acids is 1. The van der Waals surface area contributed by atoms with Crippen LogP contribution in [0.1, 0.15) is 37.7 Å². The van der Waals surface area contributed by atoms with Crippen molar-refractivity contribution in [2.24, 2.45) is 11.3 Å². The predicted octanol–water partition coefficient (Wildman–Crippen LogP) is 2.53. The number of nitrogens with zero attached hydrogens (tertiary/aromatic N) is 2. The van der Waals surface area contributed by atoms with Crippen molar-refractivity contribution in [1.82, 2.24) is 15.6 Å². The highest BCUT2D eigenvalue weighted by Gasteiger charge is 2.57. The van der Waals surface area contributed by atoms with Crippen molar-refractivity contribution in [3.05, 3.63) is 23.9 Å². The number of hydrogen-bond donors (Lipinski definition) is 2. The lowest BCUT2D eigenvalue weighted by Gasteiger charge is -2.23. The number of halogens is 2. The van der Waals surface area contributed by atoms with Crippen molar-refractivity contribution in [1.29, 1.82) is 0 Å². The second-order valence-corrected chi connectivity index (χ2v) is 7.30. The van der Waals surface area contributed by atoms with E-state index in [1.165, 1.54) is 12.8 Å². The van der Waals surface area contributed by atoms with Crippen LogP contribution >= 0.6 is 24.8 Å². The zero-order valence-corrected chi connectivity index (χ0v) is 16.1. The molecule has 1 saturated carbocycles. The molecule has 1 amide bonds. The maximum absolute atomic E-state index is 12.4. The van der Waals surface area contributed by atoms with Gasteiger partial charge in [-0.15, -0.1) is 24.8 Å². The van der Waals surface area contributed by atoms with Crippen molar-refractivity contribution in [3.8, 4) is 0 Å². The van der Waals surface area contributed by atoms with Gasteiger partial charge < -0.3 is 15.5 Å². The first kappa shape index (κ1) is 20.3. The molecule has 7 heteroatoms. The van der Waals surface area contributed by atoms with Gasteiger partial charge in [0, 0.05) is 31.7 Å². The SMILES string of the molecule is Cl.Cl.O=C(NCc1ccnc(N2CCCC2)c1)C1CC12CCNCC2. The first-order valence-corrected chi connectivity index (χ1v) is 8.95. The Kier molecular flexibility index (Phi) is 6.94. The Hall–Kier alpha value is -1.04. The highest BCUT2D eigenvalue weighted by Crippen LogP contribution is 2.58. The molecule has 140 valence electrons. The van der Waals surface area contributed by atoms with Crippen molar-refractivity contribution >= 4 is 36.5 Å². The number of amides is 1. The van der Waals surface area contributed by atoms with Crippen LogP contribution in [0.15, 0.2) is 18.3 Å². The molecule has 25 heavy (non-hydrogen) atoms. The summed E-state index contributed by atoms with van der Waals surface area (Å²) < 4.78 is 0. The van der Waals surface area contributed by atoms with Crippen LogP contribution in [0.5, 0.6) is 0 Å². The number of anilines is 1. The summed E-state index contributed by atoms with van der Waals surface area (Å²) in [5.74, 6) is 1.53. The summed E-state index contributed by atoms with van der Waals surface area (Å²) in [5.41, 5.74) is 1.46. The Labute approximate surface area is 162 Å². The van der Waals surface area contributed by atoms with Gasteiger partial charge in [-0.05, 0) is 68.3 Å². The van der Waals surface area contributed by atoms with Crippen LogP contribution < -0.4 is 15.5 Å². The van der Waals surface area contributed by atoms with E-state index in [1.54, 1.807) is 0 Å². The van der Waals surface area contributed by atoms with E-state index in [4.69, 9.17) is 0 Å². The molecule has 2 N–H and O–H groups in total. The van der Waals surface area contributed by atoms with Gasteiger partial charge in [0.05, 0.1) is 0 Å². The number of hydrogen-bond acceptors (Lipinski definition) is 4. The van der Waals surface area contributed by atoms with Crippen LogP contribution in [-0.2, 0) is 11.3 Å². The molecule has 3 fully saturated rings. The average molecular weight is 387 g/mol. The molecule has 5 nitrogen and oxygen atoms in total. The molecule has 4 rings (SSSR count). The van der Waals surface area contributed by atoms with E-state index < -0.39 is 0 Å². The van der Waals surface area contributed by atoms with E-state index in [0.29, 0.717) is 12.0 Å². The Bertz CT molecular complexity index is 586. The van der Waals surface area contributed by atoms with E-state index >= 15 is 0 Å². The largest absolute Gasteiger partial charge is 0.357 e. The molecule has 0 aromatic carbocycles. The van der Waals surface area contributed by atoms with Gasteiger partial charge in [-0.1, -0.05) is 0 Å². The van der Waals surface area contributed by atoms with Gasteiger partial charge in [-0.25, -0.2) is 4.98 Å². The van der Waals surface area contributed by atoms with E-state index in [2.05, 4.69) is 26.6 Å². The molecule has 3 aliphatic rings. The normalized spacial score (nSPS) is 23.5. The van der Waals surface area contributed by atoms with Gasteiger partial charge in [0.25, 0.3) is 0 Å². The van der Waals surface area contributed by atoms with Crippen molar-refractivity contribution in [2.75, 3.05) is 31.1 Å². The lowest BCUT2D eigenvalue weighted by Crippen LogP contribution is -2.33. The standard InChI is InChI=1S/C18H26N4O.2ClH/c23-17(15-12-18(15)4-7-19-8-5-18)21-13-14-3-6-20-16(11-14)22-9-1-2-10-22;;/h3,6,11,15,19H,1-2,4-5,7-10,12-13H2,(H,21,23);2*1H. The molecule has 1 aliphatic carbocycles. The molecule has 3 heterocycles. The minimum atomic E-state index is 0. The quantitative estimate of drug-likeness (QED) is 0.834. The number of aromatic nitrogens is 1. The number of rotatable bonds is 4. The Balaban J connectivity index is 0.00000113. The predicted molar refractivity (Wildman–Crippen MR) is 105 cm³/mol. The van der Waals surface area contributed by atoms with Gasteiger partial charge in [0.2, 0.25) is 5.91 Å². The van der Waals surface area contributed by atoms with Gasteiger partial charge in [-0.2, -0.15) is 0 Å². The summed E-state index contributed by atoms with van der Waals surface area (Å²) in [5, 5.41) is 6.53. The summed E-state index contributed by atoms with van der Waals surface area (Å²) in [4.78, 5) is 19.2. The van der Waals surface area contributed by atoms with E-state index in [-0.39, 0.29) is 36.6 Å². The maximum Gasteiger partial charge on any atom is 0.223 e. The second-order valence-electron chi connectivity index (χ2n) is 7.30. The van der Waals surface area contributed by atoms with Gasteiger partial charge >= 0.3 is 0 Å². The third-order valence-electron chi connectivity index (χ3n) is 5.81. The van der Waals surface area contributed by atoms with E-state index in [0.717, 1.165) is 56.8 Å². The topological polar surface area (TPSA) is 57.3 Å². The minimum absolute atomic E-state index is 0. The molecule has 2 saturated heterocycles. The minimum Gasteiger partial charge on any atom is -0.357 e. The van der Waals surface area contributed by atoms with Crippen LogP contribution in [-0.4, -0.2) is 37.1 Å². The van der Waals surface area contributed by atoms with Crippen molar-refractivity contribution in [2.45, 2.75) is 38.6 Å². The number of carbonyl (C=O) groups is 1.